The predicted octanol–water partition coefficient (Wildman–Crippen LogP) is 5.29. The van der Waals surface area contributed by atoms with Crippen molar-refractivity contribution in [1.29, 1.82) is 5.26 Å². The number of rotatable bonds is 5. The zero-order valence-corrected chi connectivity index (χ0v) is 15.1. The molecule has 0 spiro atoms. The number of ether oxygens (including phenoxy) is 1. The van der Waals surface area contributed by atoms with Gasteiger partial charge in [0, 0.05) is 25.7 Å². The molecule has 0 saturated heterocycles. The van der Waals surface area contributed by atoms with E-state index in [0.717, 1.165) is 10.3 Å². The van der Waals surface area contributed by atoms with Gasteiger partial charge >= 0.3 is 5.97 Å². The lowest BCUT2D eigenvalue weighted by atomic mass is 10.0. The molecule has 0 atom stereocenters. The quantitative estimate of drug-likeness (QED) is 0.641. The Kier molecular flexibility index (Phi) is 5.14. The average molecular weight is 392 g/mol. The second-order valence-electron chi connectivity index (χ2n) is 5.31. The van der Waals surface area contributed by atoms with E-state index in [0.29, 0.717) is 32.3 Å². The van der Waals surface area contributed by atoms with Crippen LogP contribution in [0.4, 0.5) is 0 Å². The van der Waals surface area contributed by atoms with E-state index >= 15 is 0 Å². The summed E-state index contributed by atoms with van der Waals surface area (Å²) in [4.78, 5) is 11.0. The molecule has 0 fully saturated rings. The summed E-state index contributed by atoms with van der Waals surface area (Å²) in [5.74, 6) is -0.403. The number of nitriles is 1. The Morgan fingerprint density at radius 2 is 2.04 bits per heavy atom. The van der Waals surface area contributed by atoms with Crippen LogP contribution >= 0.6 is 34.5 Å². The third-order valence-electron chi connectivity index (χ3n) is 3.60. The highest BCUT2D eigenvalue weighted by Gasteiger charge is 2.14. The number of hydrogen-bond acceptors (Lipinski definition) is 4. The van der Waals surface area contributed by atoms with Crippen LogP contribution in [-0.2, 0) is 17.8 Å². The van der Waals surface area contributed by atoms with E-state index in [2.05, 4.69) is 6.07 Å². The van der Waals surface area contributed by atoms with Crippen LogP contribution in [0.5, 0.6) is 5.75 Å². The molecule has 0 radical (unpaired) electrons. The summed E-state index contributed by atoms with van der Waals surface area (Å²) in [6.07, 6.45) is -0.116. The Hall–Kier alpha value is -2.26. The monoisotopic (exact) mass is 391 g/mol. The summed E-state index contributed by atoms with van der Waals surface area (Å²) < 4.78 is 6.58. The van der Waals surface area contributed by atoms with E-state index < -0.39 is 5.97 Å². The minimum Gasteiger partial charge on any atom is -0.489 e. The third kappa shape index (κ3) is 3.88. The van der Waals surface area contributed by atoms with Crippen molar-refractivity contribution in [2.45, 2.75) is 13.0 Å². The molecule has 126 valence electrons. The normalized spacial score (nSPS) is 10.6. The number of carboxylic acid groups (broad SMARTS) is 1. The van der Waals surface area contributed by atoms with Gasteiger partial charge < -0.3 is 9.84 Å². The lowest BCUT2D eigenvalue weighted by Gasteiger charge is -2.09. The number of benzene rings is 2. The molecule has 4 nitrogen and oxygen atoms in total. The van der Waals surface area contributed by atoms with E-state index in [1.807, 2.05) is 0 Å². The maximum absolute atomic E-state index is 11.0. The number of carbonyl (C=O) groups is 1. The van der Waals surface area contributed by atoms with E-state index in [9.17, 15) is 10.1 Å². The molecule has 1 heterocycles. The molecule has 3 aromatic rings. The van der Waals surface area contributed by atoms with Crippen LogP contribution in [0.2, 0.25) is 10.0 Å². The number of nitrogens with zero attached hydrogens (tertiary/aromatic N) is 1. The van der Waals surface area contributed by atoms with Gasteiger partial charge in [-0.1, -0.05) is 29.3 Å². The number of thiophene rings is 1. The molecular weight excluding hydrogens is 381 g/mol. The average Bonchev–Trinajstić information content (AvgIpc) is 2.95. The van der Waals surface area contributed by atoms with Crippen molar-refractivity contribution < 1.29 is 14.6 Å². The predicted molar refractivity (Wildman–Crippen MR) is 98.7 cm³/mol. The maximum Gasteiger partial charge on any atom is 0.307 e. The molecule has 0 bridgehead atoms. The van der Waals surface area contributed by atoms with Crippen molar-refractivity contribution in [3.05, 3.63) is 62.4 Å². The topological polar surface area (TPSA) is 70.3 Å². The molecule has 2 aromatic carbocycles. The van der Waals surface area contributed by atoms with Gasteiger partial charge in [-0.15, -0.1) is 11.3 Å². The lowest BCUT2D eigenvalue weighted by Crippen LogP contribution is -2.00. The van der Waals surface area contributed by atoms with Crippen molar-refractivity contribution in [3.8, 4) is 11.8 Å². The number of aliphatic carboxylic acids is 1. The molecule has 7 heteroatoms. The molecule has 0 aliphatic heterocycles. The molecule has 1 aromatic heterocycles. The summed E-state index contributed by atoms with van der Waals surface area (Å²) in [7, 11) is 0. The first-order valence-electron chi connectivity index (χ1n) is 7.20. The fraction of sp³-hybridized carbons (Fsp3) is 0.111. The van der Waals surface area contributed by atoms with Gasteiger partial charge in [0.05, 0.1) is 18.1 Å². The van der Waals surface area contributed by atoms with Crippen molar-refractivity contribution in [1.82, 2.24) is 0 Å². The molecule has 1 N–H and O–H groups in total. The van der Waals surface area contributed by atoms with Gasteiger partial charge in [-0.05, 0) is 35.2 Å². The van der Waals surface area contributed by atoms with Crippen LogP contribution in [0.3, 0.4) is 0 Å². The second kappa shape index (κ2) is 7.32. The van der Waals surface area contributed by atoms with Crippen LogP contribution in [0.25, 0.3) is 10.1 Å². The smallest absolute Gasteiger partial charge is 0.307 e. The van der Waals surface area contributed by atoms with Crippen molar-refractivity contribution in [3.63, 3.8) is 0 Å². The van der Waals surface area contributed by atoms with Crippen LogP contribution < -0.4 is 4.74 Å². The Labute approximate surface area is 157 Å². The van der Waals surface area contributed by atoms with Gasteiger partial charge in [0.2, 0.25) is 0 Å². The van der Waals surface area contributed by atoms with Gasteiger partial charge in [0.15, 0.2) is 0 Å². The molecule has 0 unspecified atom stereocenters. The molecule has 0 aliphatic carbocycles. The number of halogens is 2. The SMILES string of the molecule is N#Cc1cc(OCc2ccc(Cl)cc2Cl)cc2scc(CC(=O)O)c12. The zero-order valence-electron chi connectivity index (χ0n) is 12.8. The summed E-state index contributed by atoms with van der Waals surface area (Å²) >= 11 is 13.4. The highest BCUT2D eigenvalue weighted by atomic mass is 35.5. The molecule has 0 aliphatic rings. The highest BCUT2D eigenvalue weighted by molar-refractivity contribution is 7.17. The Balaban J connectivity index is 1.90. The van der Waals surface area contributed by atoms with Crippen LogP contribution in [0.15, 0.2) is 35.7 Å². The number of fused-ring (bicyclic) bond motifs is 1. The second-order valence-corrected chi connectivity index (χ2v) is 7.07. The van der Waals surface area contributed by atoms with Crippen molar-refractivity contribution >= 4 is 50.6 Å². The molecule has 3 rings (SSSR count). The largest absolute Gasteiger partial charge is 0.489 e. The van der Waals surface area contributed by atoms with Crippen molar-refractivity contribution in [2.24, 2.45) is 0 Å². The van der Waals surface area contributed by atoms with Gasteiger partial charge in [0.25, 0.3) is 0 Å². The first-order chi connectivity index (χ1) is 12.0. The summed E-state index contributed by atoms with van der Waals surface area (Å²) in [5.41, 5.74) is 1.81. The molecule has 0 amide bonds. The Morgan fingerprint density at radius 1 is 1.24 bits per heavy atom. The minimum atomic E-state index is -0.929. The van der Waals surface area contributed by atoms with Crippen LogP contribution in [-0.4, -0.2) is 11.1 Å². The number of hydrogen-bond donors (Lipinski definition) is 1. The number of carboxylic acids is 1. The van der Waals surface area contributed by atoms with Crippen molar-refractivity contribution in [2.75, 3.05) is 0 Å². The van der Waals surface area contributed by atoms with E-state index in [-0.39, 0.29) is 13.0 Å². The van der Waals surface area contributed by atoms with Gasteiger partial charge in [-0.3, -0.25) is 4.79 Å². The highest BCUT2D eigenvalue weighted by Crippen LogP contribution is 2.34. The Bertz CT molecular complexity index is 1010. The molecule has 0 saturated carbocycles. The summed E-state index contributed by atoms with van der Waals surface area (Å²) in [6, 6.07) is 10.7. The standard InChI is InChI=1S/C18H11Cl2NO3S/c19-13-2-1-10(15(20)5-13)8-24-14-3-11(7-21)18-12(4-17(22)23)9-25-16(18)6-14/h1-3,5-6,9H,4,8H2,(H,22,23). The van der Waals surface area contributed by atoms with Crippen LogP contribution in [0, 0.1) is 11.3 Å². The third-order valence-corrected chi connectivity index (χ3v) is 5.16. The van der Waals surface area contributed by atoms with Gasteiger partial charge in [-0.25, -0.2) is 0 Å². The lowest BCUT2D eigenvalue weighted by molar-refractivity contribution is -0.136. The fourth-order valence-corrected chi connectivity index (χ4v) is 3.95. The Morgan fingerprint density at radius 3 is 2.72 bits per heavy atom. The van der Waals surface area contributed by atoms with E-state index in [1.165, 1.54) is 11.3 Å². The summed E-state index contributed by atoms with van der Waals surface area (Å²) in [5, 5.41) is 21.9. The first-order valence-corrected chi connectivity index (χ1v) is 8.84. The molecule has 25 heavy (non-hydrogen) atoms. The van der Waals surface area contributed by atoms with Gasteiger partial charge in [0.1, 0.15) is 12.4 Å². The van der Waals surface area contributed by atoms with Crippen LogP contribution in [0.1, 0.15) is 16.7 Å². The van der Waals surface area contributed by atoms with Gasteiger partial charge in [-0.2, -0.15) is 5.26 Å². The zero-order chi connectivity index (χ0) is 18.0. The summed E-state index contributed by atoms with van der Waals surface area (Å²) in [6.45, 7) is 0.236. The minimum absolute atomic E-state index is 0.116. The van der Waals surface area contributed by atoms with E-state index in [4.69, 9.17) is 33.0 Å². The first kappa shape index (κ1) is 17.6. The van der Waals surface area contributed by atoms with E-state index in [1.54, 1.807) is 35.7 Å². The molecular formula is C18H11Cl2NO3S. The maximum atomic E-state index is 11.0. The fourth-order valence-electron chi connectivity index (χ4n) is 2.47.